The van der Waals surface area contributed by atoms with Crippen LogP contribution in [0.5, 0.6) is 0 Å². The van der Waals surface area contributed by atoms with E-state index >= 15 is 0 Å². The molecule has 0 amide bonds. The lowest BCUT2D eigenvalue weighted by Crippen LogP contribution is -2.13. The monoisotopic (exact) mass is 255 g/mol. The number of rotatable bonds is 4. The van der Waals surface area contributed by atoms with Crippen LogP contribution in [0.15, 0.2) is 23.1 Å². The van der Waals surface area contributed by atoms with E-state index in [1.54, 1.807) is 0 Å². The number of hydrogen-bond donors (Lipinski definition) is 0. The molecule has 1 atom stereocenters. The summed E-state index contributed by atoms with van der Waals surface area (Å²) in [4.78, 5) is 0.0237. The van der Waals surface area contributed by atoms with Crippen LogP contribution in [0.1, 0.15) is 19.3 Å². The van der Waals surface area contributed by atoms with Crippen LogP contribution >= 0.6 is 0 Å². The summed E-state index contributed by atoms with van der Waals surface area (Å²) in [6, 6.07) is 5.11. The Labute approximate surface area is 101 Å². The summed E-state index contributed by atoms with van der Waals surface area (Å²) in [6.45, 7) is 0. The molecule has 1 aromatic carbocycles. The Bertz CT molecular complexity index is 506. The largest absolute Gasteiger partial charge is 0.254 e. The average molecular weight is 255 g/mol. The molecule has 90 valence electrons. The van der Waals surface area contributed by atoms with Gasteiger partial charge in [0.25, 0.3) is 0 Å². The van der Waals surface area contributed by atoms with Crippen LogP contribution < -0.4 is 0 Å². The first-order valence-electron chi connectivity index (χ1n) is 5.27. The Morgan fingerprint density at radius 2 is 2.12 bits per heavy atom. The second-order valence-corrected chi connectivity index (χ2v) is 5.82. The van der Waals surface area contributed by atoms with E-state index in [1.807, 2.05) is 0 Å². The first-order valence-corrected chi connectivity index (χ1v) is 6.59. The molecule has 0 N–H and O–H groups in total. The van der Waals surface area contributed by atoms with Crippen LogP contribution in [-0.2, 0) is 10.8 Å². The molecule has 1 unspecified atom stereocenters. The SMILES string of the molecule is N#CCC1(CS(=O)c2ccc(F)cc2F)CC1. The topological polar surface area (TPSA) is 40.9 Å². The Hall–Kier alpha value is -1.28. The Balaban J connectivity index is 2.13. The number of nitrogens with zero attached hydrogens (tertiary/aromatic N) is 1. The molecule has 0 heterocycles. The molecule has 2 rings (SSSR count). The molecule has 0 aliphatic heterocycles. The fourth-order valence-electron chi connectivity index (χ4n) is 1.73. The molecule has 0 bridgehead atoms. The van der Waals surface area contributed by atoms with Crippen molar-refractivity contribution in [2.45, 2.75) is 24.2 Å². The van der Waals surface area contributed by atoms with E-state index in [4.69, 9.17) is 5.26 Å². The summed E-state index contributed by atoms with van der Waals surface area (Å²) < 4.78 is 38.0. The summed E-state index contributed by atoms with van der Waals surface area (Å²) in [5.74, 6) is -1.18. The summed E-state index contributed by atoms with van der Waals surface area (Å²) in [7, 11) is -1.50. The Morgan fingerprint density at radius 1 is 1.41 bits per heavy atom. The maximum absolute atomic E-state index is 13.4. The van der Waals surface area contributed by atoms with Gasteiger partial charge in [-0.2, -0.15) is 5.26 Å². The third-order valence-electron chi connectivity index (χ3n) is 2.99. The molecule has 0 saturated heterocycles. The molecule has 17 heavy (non-hydrogen) atoms. The van der Waals surface area contributed by atoms with Gasteiger partial charge in [-0.25, -0.2) is 8.78 Å². The highest BCUT2D eigenvalue weighted by molar-refractivity contribution is 7.85. The molecule has 2 nitrogen and oxygen atoms in total. The fourth-order valence-corrected chi connectivity index (χ4v) is 3.33. The van der Waals surface area contributed by atoms with E-state index in [0.29, 0.717) is 6.42 Å². The predicted molar refractivity (Wildman–Crippen MR) is 59.5 cm³/mol. The predicted octanol–water partition coefficient (Wildman–Crippen LogP) is 2.77. The van der Waals surface area contributed by atoms with Gasteiger partial charge in [0, 0.05) is 18.2 Å². The third kappa shape index (κ3) is 2.70. The maximum Gasteiger partial charge on any atom is 0.142 e. The zero-order valence-electron chi connectivity index (χ0n) is 9.08. The third-order valence-corrected chi connectivity index (χ3v) is 4.68. The molecule has 1 fully saturated rings. The molecule has 0 aromatic heterocycles. The standard InChI is InChI=1S/C12H11F2NOS/c13-9-1-2-11(10(14)7-9)17(16)8-12(3-4-12)5-6-15/h1-2,7H,3-5,8H2. The van der Waals surface area contributed by atoms with E-state index in [-0.39, 0.29) is 16.1 Å². The Morgan fingerprint density at radius 3 is 2.65 bits per heavy atom. The van der Waals surface area contributed by atoms with Gasteiger partial charge < -0.3 is 0 Å². The second kappa shape index (κ2) is 4.53. The average Bonchev–Trinajstić information content (AvgIpc) is 2.97. The van der Waals surface area contributed by atoms with Crippen molar-refractivity contribution in [3.63, 3.8) is 0 Å². The van der Waals surface area contributed by atoms with Gasteiger partial charge in [0.15, 0.2) is 0 Å². The van der Waals surface area contributed by atoms with Gasteiger partial charge in [0.1, 0.15) is 11.6 Å². The van der Waals surface area contributed by atoms with Crippen molar-refractivity contribution in [3.05, 3.63) is 29.8 Å². The van der Waals surface area contributed by atoms with E-state index in [9.17, 15) is 13.0 Å². The quantitative estimate of drug-likeness (QED) is 0.830. The van der Waals surface area contributed by atoms with Gasteiger partial charge in [-0.15, -0.1) is 0 Å². The first-order chi connectivity index (χ1) is 8.06. The number of nitriles is 1. The molecule has 0 radical (unpaired) electrons. The van der Waals surface area contributed by atoms with Gasteiger partial charge in [0.2, 0.25) is 0 Å². The number of halogens is 2. The highest BCUT2D eigenvalue weighted by atomic mass is 32.2. The number of benzene rings is 1. The summed E-state index contributed by atoms with van der Waals surface area (Å²) in [6.07, 6.45) is 2.06. The van der Waals surface area contributed by atoms with E-state index in [2.05, 4.69) is 6.07 Å². The minimum Gasteiger partial charge on any atom is -0.254 e. The molecule has 1 saturated carbocycles. The lowest BCUT2D eigenvalue weighted by molar-refractivity contribution is 0.556. The van der Waals surface area contributed by atoms with Gasteiger partial charge in [-0.05, 0) is 30.4 Å². The smallest absolute Gasteiger partial charge is 0.142 e. The van der Waals surface area contributed by atoms with Crippen molar-refractivity contribution in [2.24, 2.45) is 5.41 Å². The summed E-state index contributed by atoms with van der Waals surface area (Å²) >= 11 is 0. The Kier molecular flexibility index (Phi) is 3.25. The van der Waals surface area contributed by atoms with Crippen LogP contribution in [0.3, 0.4) is 0 Å². The highest BCUT2D eigenvalue weighted by Gasteiger charge is 2.44. The summed E-state index contributed by atoms with van der Waals surface area (Å²) in [5, 5.41) is 8.64. The summed E-state index contributed by atoms with van der Waals surface area (Å²) in [5.41, 5.74) is -0.208. The zero-order valence-corrected chi connectivity index (χ0v) is 9.90. The van der Waals surface area contributed by atoms with Crippen molar-refractivity contribution in [3.8, 4) is 6.07 Å². The fraction of sp³-hybridized carbons (Fsp3) is 0.417. The van der Waals surface area contributed by atoms with Crippen molar-refractivity contribution in [1.29, 1.82) is 5.26 Å². The lowest BCUT2D eigenvalue weighted by atomic mass is 10.1. The van der Waals surface area contributed by atoms with Gasteiger partial charge >= 0.3 is 0 Å². The van der Waals surface area contributed by atoms with Crippen LogP contribution in [-0.4, -0.2) is 9.96 Å². The van der Waals surface area contributed by atoms with Crippen LogP contribution in [0.4, 0.5) is 8.78 Å². The highest BCUT2D eigenvalue weighted by Crippen LogP contribution is 2.49. The molecule has 1 aliphatic carbocycles. The second-order valence-electron chi connectivity index (χ2n) is 4.40. The molecular weight excluding hydrogens is 244 g/mol. The number of hydrogen-bond acceptors (Lipinski definition) is 2. The molecule has 0 spiro atoms. The molecular formula is C12H11F2NOS. The van der Waals surface area contributed by atoms with Crippen molar-refractivity contribution < 1.29 is 13.0 Å². The maximum atomic E-state index is 13.4. The van der Waals surface area contributed by atoms with Gasteiger partial charge in [-0.1, -0.05) is 0 Å². The zero-order chi connectivity index (χ0) is 12.5. The molecule has 5 heteroatoms. The molecule has 1 aromatic rings. The van der Waals surface area contributed by atoms with Crippen molar-refractivity contribution >= 4 is 10.8 Å². The first kappa shape index (κ1) is 12.2. The van der Waals surface area contributed by atoms with Gasteiger partial charge in [-0.3, -0.25) is 4.21 Å². The minimum atomic E-state index is -1.50. The molecule has 1 aliphatic rings. The van der Waals surface area contributed by atoms with Crippen LogP contribution in [0.25, 0.3) is 0 Å². The van der Waals surface area contributed by atoms with Crippen LogP contribution in [0, 0.1) is 28.4 Å². The van der Waals surface area contributed by atoms with Crippen molar-refractivity contribution in [2.75, 3.05) is 5.75 Å². The minimum absolute atomic E-state index is 0.0237. The van der Waals surface area contributed by atoms with E-state index in [1.165, 1.54) is 6.07 Å². The normalized spacial score (nSPS) is 18.4. The van der Waals surface area contributed by atoms with E-state index in [0.717, 1.165) is 25.0 Å². The van der Waals surface area contributed by atoms with Crippen LogP contribution in [0.2, 0.25) is 0 Å². The van der Waals surface area contributed by atoms with E-state index < -0.39 is 22.4 Å². The lowest BCUT2D eigenvalue weighted by Gasteiger charge is -2.10. The van der Waals surface area contributed by atoms with Crippen molar-refractivity contribution in [1.82, 2.24) is 0 Å². The van der Waals surface area contributed by atoms with Gasteiger partial charge in [0.05, 0.1) is 21.8 Å².